The molecule has 2 heterocycles. The first kappa shape index (κ1) is 12.3. The van der Waals surface area contributed by atoms with Crippen LogP contribution >= 0.6 is 0 Å². The highest BCUT2D eigenvalue weighted by Gasteiger charge is 2.19. The quantitative estimate of drug-likeness (QED) is 0.830. The summed E-state index contributed by atoms with van der Waals surface area (Å²) < 4.78 is 33.7. The molecule has 8 heteroatoms. The summed E-state index contributed by atoms with van der Waals surface area (Å²) in [6.07, 6.45) is 4.08. The van der Waals surface area contributed by atoms with E-state index in [-0.39, 0.29) is 6.04 Å². The minimum Gasteiger partial charge on any atom is -0.379 e. The van der Waals surface area contributed by atoms with E-state index in [0.29, 0.717) is 12.3 Å². The Morgan fingerprint density at radius 1 is 1.59 bits per heavy atom. The van der Waals surface area contributed by atoms with Gasteiger partial charge in [0.05, 0.1) is 24.5 Å². The molecule has 0 bridgehead atoms. The summed E-state index contributed by atoms with van der Waals surface area (Å²) >= 11 is 0. The van der Waals surface area contributed by atoms with Crippen LogP contribution in [-0.2, 0) is 14.9 Å². The van der Waals surface area contributed by atoms with Crippen molar-refractivity contribution in [1.82, 2.24) is 14.1 Å². The number of rotatable bonds is 4. The molecule has 1 N–H and O–H groups in total. The number of nitrogens with one attached hydrogen (secondary N) is 1. The van der Waals surface area contributed by atoms with Crippen LogP contribution < -0.4 is 4.72 Å². The van der Waals surface area contributed by atoms with Crippen LogP contribution in [0.1, 0.15) is 12.5 Å². The van der Waals surface area contributed by atoms with Crippen molar-refractivity contribution >= 4 is 15.9 Å². The van der Waals surface area contributed by atoms with E-state index < -0.39 is 10.2 Å². The lowest BCUT2D eigenvalue weighted by Crippen LogP contribution is -2.28. The molecule has 0 amide bonds. The monoisotopic (exact) mass is 260 g/mol. The van der Waals surface area contributed by atoms with Crippen LogP contribution in [0.2, 0.25) is 0 Å². The van der Waals surface area contributed by atoms with Crippen LogP contribution in [0.5, 0.6) is 0 Å². The van der Waals surface area contributed by atoms with Gasteiger partial charge in [-0.1, -0.05) is 0 Å². The number of ether oxygens (including phenoxy) is 1. The highest BCUT2D eigenvalue weighted by Crippen LogP contribution is 2.20. The van der Waals surface area contributed by atoms with E-state index in [1.54, 1.807) is 10.9 Å². The van der Waals surface area contributed by atoms with E-state index in [2.05, 4.69) is 9.82 Å². The molecule has 0 spiro atoms. The average molecular weight is 260 g/mol. The molecular weight excluding hydrogens is 244 g/mol. The fraction of sp³-hybridized carbons (Fsp3) is 0.667. The first-order valence-corrected chi connectivity index (χ1v) is 6.75. The van der Waals surface area contributed by atoms with Crippen molar-refractivity contribution in [2.24, 2.45) is 0 Å². The third kappa shape index (κ3) is 2.76. The van der Waals surface area contributed by atoms with Crippen molar-refractivity contribution < 1.29 is 13.2 Å². The number of hydrogen-bond donors (Lipinski definition) is 1. The van der Waals surface area contributed by atoms with Crippen LogP contribution in [0.3, 0.4) is 0 Å². The Balaban J connectivity index is 2.08. The molecule has 7 nitrogen and oxygen atoms in total. The minimum atomic E-state index is -3.46. The lowest BCUT2D eigenvalue weighted by molar-refractivity contribution is 0.184. The molecule has 1 saturated heterocycles. The summed E-state index contributed by atoms with van der Waals surface area (Å²) in [4.78, 5) is 0. The van der Waals surface area contributed by atoms with Gasteiger partial charge in [0.15, 0.2) is 0 Å². The molecule has 17 heavy (non-hydrogen) atoms. The highest BCUT2D eigenvalue weighted by molar-refractivity contribution is 7.90. The topological polar surface area (TPSA) is 76.5 Å². The second kappa shape index (κ2) is 4.63. The second-order valence-electron chi connectivity index (χ2n) is 4.12. The summed E-state index contributed by atoms with van der Waals surface area (Å²) in [5.74, 6) is 0. The predicted molar refractivity (Wildman–Crippen MR) is 62.9 cm³/mol. The highest BCUT2D eigenvalue weighted by atomic mass is 32.2. The third-order valence-corrected chi connectivity index (χ3v) is 4.06. The first-order chi connectivity index (χ1) is 7.99. The van der Waals surface area contributed by atoms with Gasteiger partial charge in [0.2, 0.25) is 0 Å². The molecule has 1 aromatic heterocycles. The molecule has 0 unspecified atom stereocenters. The summed E-state index contributed by atoms with van der Waals surface area (Å²) in [7, 11) is -0.523. The lowest BCUT2D eigenvalue weighted by atomic mass is 10.3. The van der Waals surface area contributed by atoms with E-state index in [1.807, 2.05) is 0 Å². The molecule has 1 aliphatic heterocycles. The molecule has 0 aromatic carbocycles. The maximum absolute atomic E-state index is 11.6. The summed E-state index contributed by atoms with van der Waals surface area (Å²) in [5, 5.41) is 4.13. The number of nitrogens with zero attached hydrogens (tertiary/aromatic N) is 3. The second-order valence-corrected chi connectivity index (χ2v) is 6.00. The molecule has 1 aliphatic rings. The fourth-order valence-corrected chi connectivity index (χ4v) is 2.15. The van der Waals surface area contributed by atoms with Crippen LogP contribution in [0.25, 0.3) is 0 Å². The fourth-order valence-electron chi connectivity index (χ4n) is 1.56. The van der Waals surface area contributed by atoms with E-state index in [0.717, 1.165) is 17.3 Å². The Hall–Kier alpha value is -1.12. The van der Waals surface area contributed by atoms with Gasteiger partial charge in [-0.3, -0.25) is 9.40 Å². The summed E-state index contributed by atoms with van der Waals surface area (Å²) in [5.41, 5.74) is 0.464. The average Bonchev–Trinajstić information content (AvgIpc) is 2.85. The first-order valence-electron chi connectivity index (χ1n) is 5.31. The zero-order chi connectivity index (χ0) is 12.5. The molecule has 0 aliphatic carbocycles. The maximum Gasteiger partial charge on any atom is 0.301 e. The van der Waals surface area contributed by atoms with E-state index in [9.17, 15) is 8.42 Å². The van der Waals surface area contributed by atoms with Crippen LogP contribution in [0, 0.1) is 0 Å². The molecule has 1 aromatic rings. The molecule has 96 valence electrons. The Bertz CT molecular complexity index is 476. The van der Waals surface area contributed by atoms with Gasteiger partial charge in [-0.05, 0) is 6.42 Å². The van der Waals surface area contributed by atoms with Crippen LogP contribution in [0.15, 0.2) is 12.4 Å². The van der Waals surface area contributed by atoms with Crippen molar-refractivity contribution in [1.29, 1.82) is 0 Å². The molecule has 1 atom stereocenters. The molecular formula is C9H16N4O3S. The van der Waals surface area contributed by atoms with Crippen molar-refractivity contribution in [2.75, 3.05) is 32.0 Å². The van der Waals surface area contributed by atoms with Gasteiger partial charge in [0, 0.05) is 26.9 Å². The van der Waals surface area contributed by atoms with Gasteiger partial charge in [0.1, 0.15) is 0 Å². The predicted octanol–water partition coefficient (Wildman–Crippen LogP) is 0.0628. The van der Waals surface area contributed by atoms with Gasteiger partial charge in [-0.15, -0.1) is 0 Å². The molecule has 2 rings (SSSR count). The number of hydrogen-bond acceptors (Lipinski definition) is 4. The van der Waals surface area contributed by atoms with E-state index in [4.69, 9.17) is 4.74 Å². The summed E-state index contributed by atoms with van der Waals surface area (Å²) in [6, 6.07) is 0.201. The van der Waals surface area contributed by atoms with Gasteiger partial charge < -0.3 is 4.74 Å². The SMILES string of the molecule is CN(C)S(=O)(=O)Nc1cnn([C@H]2CCOC2)c1. The Morgan fingerprint density at radius 2 is 2.35 bits per heavy atom. The van der Waals surface area contributed by atoms with Gasteiger partial charge in [-0.2, -0.15) is 17.8 Å². The van der Waals surface area contributed by atoms with Crippen molar-refractivity contribution in [3.63, 3.8) is 0 Å². The van der Waals surface area contributed by atoms with Gasteiger partial charge in [0.25, 0.3) is 0 Å². The largest absolute Gasteiger partial charge is 0.379 e. The van der Waals surface area contributed by atoms with Crippen molar-refractivity contribution in [3.05, 3.63) is 12.4 Å². The van der Waals surface area contributed by atoms with Crippen molar-refractivity contribution in [2.45, 2.75) is 12.5 Å². The third-order valence-electron chi connectivity index (χ3n) is 2.61. The van der Waals surface area contributed by atoms with Gasteiger partial charge in [-0.25, -0.2) is 0 Å². The van der Waals surface area contributed by atoms with E-state index in [1.165, 1.54) is 20.3 Å². The molecule has 0 radical (unpaired) electrons. The molecule has 0 saturated carbocycles. The van der Waals surface area contributed by atoms with Crippen LogP contribution in [-0.4, -0.2) is 49.8 Å². The lowest BCUT2D eigenvalue weighted by Gasteiger charge is -2.11. The number of anilines is 1. The standard InChI is InChI=1S/C9H16N4O3S/c1-12(2)17(14,15)11-8-5-10-13(6-8)9-3-4-16-7-9/h5-6,9,11H,3-4,7H2,1-2H3/t9-/m0/s1. The van der Waals surface area contributed by atoms with Crippen LogP contribution in [0.4, 0.5) is 5.69 Å². The normalized spacial score (nSPS) is 21.0. The zero-order valence-corrected chi connectivity index (χ0v) is 10.6. The number of aromatic nitrogens is 2. The van der Waals surface area contributed by atoms with E-state index >= 15 is 0 Å². The Kier molecular flexibility index (Phi) is 3.36. The Morgan fingerprint density at radius 3 is 2.94 bits per heavy atom. The zero-order valence-electron chi connectivity index (χ0n) is 9.83. The smallest absolute Gasteiger partial charge is 0.301 e. The Labute approximate surface area is 101 Å². The van der Waals surface area contributed by atoms with Crippen molar-refractivity contribution in [3.8, 4) is 0 Å². The van der Waals surface area contributed by atoms with Gasteiger partial charge >= 0.3 is 10.2 Å². The maximum atomic E-state index is 11.6. The minimum absolute atomic E-state index is 0.201. The summed E-state index contributed by atoms with van der Waals surface area (Å²) in [6.45, 7) is 1.35. The molecule has 1 fully saturated rings.